The Morgan fingerprint density at radius 1 is 0.976 bits per heavy atom. The predicted molar refractivity (Wildman–Crippen MR) is 160 cm³/mol. The number of halogens is 1. The fraction of sp³-hybridized carbons (Fsp3) is 0.500. The molecule has 0 bridgehead atoms. The van der Waals surface area contributed by atoms with Crippen LogP contribution in [0.2, 0.25) is 5.02 Å². The lowest BCUT2D eigenvalue weighted by Gasteiger charge is -2.47. The van der Waals surface area contributed by atoms with Crippen molar-refractivity contribution in [1.29, 1.82) is 0 Å². The first-order valence-corrected chi connectivity index (χ1v) is 16.3. The van der Waals surface area contributed by atoms with Gasteiger partial charge in [0.25, 0.3) is 0 Å². The van der Waals surface area contributed by atoms with Crippen molar-refractivity contribution < 1.29 is 13.2 Å². The molecule has 6 rings (SSSR count). The zero-order chi connectivity index (χ0) is 28.5. The molecule has 9 nitrogen and oxygen atoms in total. The molecule has 3 fully saturated rings. The molecule has 0 amide bonds. The highest BCUT2D eigenvalue weighted by Crippen LogP contribution is 2.42. The summed E-state index contributed by atoms with van der Waals surface area (Å²) in [6.07, 6.45) is 11.8. The van der Waals surface area contributed by atoms with Crippen LogP contribution in [0.5, 0.6) is 5.88 Å². The van der Waals surface area contributed by atoms with E-state index in [9.17, 15) is 8.42 Å². The second kappa shape index (κ2) is 11.7. The van der Waals surface area contributed by atoms with Gasteiger partial charge in [-0.2, -0.15) is 9.29 Å². The maximum Gasteiger partial charge on any atom is 0.245 e. The quantitative estimate of drug-likeness (QED) is 0.343. The van der Waals surface area contributed by atoms with E-state index in [1.54, 1.807) is 37.4 Å². The molecule has 41 heavy (non-hydrogen) atoms. The van der Waals surface area contributed by atoms with Crippen LogP contribution in [0.4, 0.5) is 11.6 Å². The van der Waals surface area contributed by atoms with E-state index in [-0.39, 0.29) is 29.1 Å². The van der Waals surface area contributed by atoms with Gasteiger partial charge in [0.15, 0.2) is 0 Å². The zero-order valence-corrected chi connectivity index (χ0v) is 25.0. The highest BCUT2D eigenvalue weighted by Gasteiger charge is 2.40. The second-order valence-electron chi connectivity index (χ2n) is 11.5. The zero-order valence-electron chi connectivity index (χ0n) is 23.5. The Morgan fingerprint density at radius 3 is 2.32 bits per heavy atom. The van der Waals surface area contributed by atoms with Crippen LogP contribution in [0.3, 0.4) is 0 Å². The number of anilines is 2. The Balaban J connectivity index is 1.04. The third-order valence-corrected chi connectivity index (χ3v) is 11.4. The number of benzene rings is 1. The fourth-order valence-corrected chi connectivity index (χ4v) is 8.66. The van der Waals surface area contributed by atoms with Crippen molar-refractivity contribution in [2.45, 2.75) is 56.4 Å². The monoisotopic (exact) mass is 596 g/mol. The van der Waals surface area contributed by atoms with Crippen LogP contribution in [-0.4, -0.2) is 73.0 Å². The third kappa shape index (κ3) is 6.15. The van der Waals surface area contributed by atoms with Gasteiger partial charge in [0, 0.05) is 69.1 Å². The molecule has 2 aliphatic heterocycles. The van der Waals surface area contributed by atoms with Gasteiger partial charge >= 0.3 is 0 Å². The van der Waals surface area contributed by atoms with Crippen LogP contribution in [0.25, 0.3) is 0 Å². The molecule has 3 aromatic rings. The van der Waals surface area contributed by atoms with E-state index in [0.29, 0.717) is 22.8 Å². The summed E-state index contributed by atoms with van der Waals surface area (Å²) in [5, 5.41) is 0.250. The fourth-order valence-electron chi connectivity index (χ4n) is 6.20. The summed E-state index contributed by atoms with van der Waals surface area (Å²) < 4.78 is 34.6. The minimum absolute atomic E-state index is 0.0162. The summed E-state index contributed by atoms with van der Waals surface area (Å²) in [5.41, 5.74) is 2.28. The van der Waals surface area contributed by atoms with Gasteiger partial charge in [0.05, 0.1) is 5.02 Å². The van der Waals surface area contributed by atoms with Crippen molar-refractivity contribution in [3.05, 3.63) is 65.6 Å². The van der Waals surface area contributed by atoms with E-state index in [1.165, 1.54) is 22.8 Å². The average Bonchev–Trinajstić information content (AvgIpc) is 3.82. The molecular formula is C30H37ClN6O3S. The Hall–Kier alpha value is -2.95. The van der Waals surface area contributed by atoms with Crippen LogP contribution in [-0.2, 0) is 10.0 Å². The molecule has 0 atom stereocenters. The number of aryl methyl sites for hydroxylation is 1. The van der Waals surface area contributed by atoms with Gasteiger partial charge in [-0.25, -0.2) is 13.4 Å². The molecule has 1 saturated carbocycles. The van der Waals surface area contributed by atoms with Crippen molar-refractivity contribution in [2.24, 2.45) is 5.41 Å². The summed E-state index contributed by atoms with van der Waals surface area (Å²) >= 11 is 6.32. The molecular weight excluding hydrogens is 560 g/mol. The normalized spacial score (nSPS) is 19.1. The van der Waals surface area contributed by atoms with E-state index < -0.39 is 10.0 Å². The molecule has 11 heteroatoms. The largest absolute Gasteiger partial charge is 0.476 e. The number of piperidine rings is 2. The number of aromatic nitrogens is 3. The van der Waals surface area contributed by atoms with E-state index in [2.05, 4.69) is 36.9 Å². The first-order valence-electron chi connectivity index (χ1n) is 14.5. The van der Waals surface area contributed by atoms with Gasteiger partial charge < -0.3 is 14.5 Å². The Labute approximate surface area is 247 Å². The lowest BCUT2D eigenvalue weighted by molar-refractivity contribution is 0.166. The van der Waals surface area contributed by atoms with Crippen molar-refractivity contribution in [1.82, 2.24) is 19.3 Å². The SMILES string of the molecule is Cc1cccc(Cl)c1S(=O)(=O)N(CCOc1ccnc(N2CCC3(CCN(c4ccncc4)CC3)CC2)n1)C1CC1. The minimum Gasteiger partial charge on any atom is -0.476 e. The maximum absolute atomic E-state index is 13.5. The van der Waals surface area contributed by atoms with E-state index in [4.69, 9.17) is 16.3 Å². The molecule has 0 unspecified atom stereocenters. The first kappa shape index (κ1) is 28.2. The number of hydrogen-bond donors (Lipinski definition) is 0. The summed E-state index contributed by atoms with van der Waals surface area (Å²) in [6.45, 7) is 6.21. The van der Waals surface area contributed by atoms with Gasteiger partial charge in [-0.3, -0.25) is 4.98 Å². The number of hydrogen-bond acceptors (Lipinski definition) is 8. The molecule has 0 radical (unpaired) electrons. The van der Waals surface area contributed by atoms with Crippen LogP contribution in [0.1, 0.15) is 44.1 Å². The van der Waals surface area contributed by atoms with Crippen LogP contribution >= 0.6 is 11.6 Å². The Bertz CT molecular complexity index is 1430. The highest BCUT2D eigenvalue weighted by molar-refractivity contribution is 7.89. The van der Waals surface area contributed by atoms with Gasteiger partial charge in [-0.15, -0.1) is 0 Å². The van der Waals surface area contributed by atoms with Crippen LogP contribution in [0, 0.1) is 12.3 Å². The van der Waals surface area contributed by atoms with Crippen LogP contribution in [0.15, 0.2) is 59.9 Å². The molecule has 1 aliphatic carbocycles. The Kier molecular flexibility index (Phi) is 8.07. The van der Waals surface area contributed by atoms with Crippen molar-refractivity contribution >= 4 is 33.3 Å². The number of rotatable bonds is 9. The second-order valence-corrected chi connectivity index (χ2v) is 13.7. The average molecular weight is 597 g/mol. The highest BCUT2D eigenvalue weighted by atomic mass is 35.5. The lowest BCUT2D eigenvalue weighted by Crippen LogP contribution is -2.47. The predicted octanol–water partition coefficient (Wildman–Crippen LogP) is 4.95. The standard InChI is InChI=1S/C30H37ClN6O3S/c1-23-3-2-4-26(31)28(23)41(38,39)37(25-5-6-25)21-22-40-27-9-16-33-29(34-27)36-19-12-30(13-20-36)10-17-35(18-11-30)24-7-14-32-15-8-24/h2-4,7-9,14-16,25H,5-6,10-13,17-22H2,1H3. The molecule has 0 N–H and O–H groups in total. The van der Waals surface area contributed by atoms with Gasteiger partial charge in [0.2, 0.25) is 21.9 Å². The molecule has 1 aromatic carbocycles. The summed E-state index contributed by atoms with van der Waals surface area (Å²) in [7, 11) is -3.74. The van der Waals surface area contributed by atoms with Crippen molar-refractivity contribution in [2.75, 3.05) is 49.1 Å². The van der Waals surface area contributed by atoms with E-state index in [1.807, 2.05) is 12.4 Å². The van der Waals surface area contributed by atoms with Gasteiger partial charge in [-0.05, 0) is 74.6 Å². The van der Waals surface area contributed by atoms with E-state index >= 15 is 0 Å². The summed E-state index contributed by atoms with van der Waals surface area (Å²) in [6, 6.07) is 11.1. The molecule has 4 heterocycles. The molecule has 3 aliphatic rings. The van der Waals surface area contributed by atoms with Crippen LogP contribution < -0.4 is 14.5 Å². The first-order chi connectivity index (χ1) is 19.8. The lowest BCUT2D eigenvalue weighted by atomic mass is 9.71. The van der Waals surface area contributed by atoms with Gasteiger partial charge in [-0.1, -0.05) is 23.7 Å². The van der Waals surface area contributed by atoms with Crippen molar-refractivity contribution in [3.8, 4) is 5.88 Å². The maximum atomic E-state index is 13.5. The third-order valence-electron chi connectivity index (χ3n) is 8.82. The topological polar surface area (TPSA) is 91.8 Å². The minimum atomic E-state index is -3.74. The Morgan fingerprint density at radius 2 is 1.66 bits per heavy atom. The molecule has 2 saturated heterocycles. The number of pyridine rings is 1. The van der Waals surface area contributed by atoms with E-state index in [0.717, 1.165) is 51.9 Å². The number of nitrogens with zero attached hydrogens (tertiary/aromatic N) is 6. The number of ether oxygens (including phenoxy) is 1. The van der Waals surface area contributed by atoms with Crippen molar-refractivity contribution in [3.63, 3.8) is 0 Å². The molecule has 218 valence electrons. The smallest absolute Gasteiger partial charge is 0.245 e. The number of sulfonamides is 1. The summed E-state index contributed by atoms with van der Waals surface area (Å²) in [5.74, 6) is 1.13. The molecule has 2 aromatic heterocycles. The van der Waals surface area contributed by atoms with Gasteiger partial charge in [0.1, 0.15) is 11.5 Å². The molecule has 1 spiro atoms. The summed E-state index contributed by atoms with van der Waals surface area (Å²) in [4.78, 5) is 18.2.